The Kier molecular flexibility index (Phi) is 9.05. The molecular weight excluding hydrogens is 428 g/mol. The van der Waals surface area contributed by atoms with E-state index in [0.717, 1.165) is 0 Å². The van der Waals surface area contributed by atoms with Gasteiger partial charge in [-0.05, 0) is 13.4 Å². The van der Waals surface area contributed by atoms with E-state index in [1.807, 2.05) is 0 Å². The van der Waals surface area contributed by atoms with Gasteiger partial charge >= 0.3 is 0 Å². The molecule has 0 aliphatic heterocycles. The fourth-order valence-corrected chi connectivity index (χ4v) is 1.18. The number of aryl methyl sites for hydroxylation is 4. The van der Waals surface area contributed by atoms with Crippen LogP contribution in [0.2, 0.25) is 0 Å². The third-order valence-electron chi connectivity index (χ3n) is 2.30. The molecule has 0 atom stereocenters. The van der Waals surface area contributed by atoms with Crippen molar-refractivity contribution >= 4 is 0 Å². The van der Waals surface area contributed by atoms with Gasteiger partial charge in [-0.1, -0.05) is 6.92 Å². The van der Waals surface area contributed by atoms with Gasteiger partial charge in [-0.2, -0.15) is 0 Å². The van der Waals surface area contributed by atoms with Crippen LogP contribution in [0, 0.1) is 19.4 Å². The molecule has 112 valence electrons. The first-order valence-electron chi connectivity index (χ1n) is 4.94. The summed E-state index contributed by atoms with van der Waals surface area (Å²) in [6.07, 6.45) is 5.30. The zero-order chi connectivity index (χ0) is 13.2. The standard InChI is InChI=1S/C6H9N2O.C4H6N3O.2Rh/c1-5-4-7(2)8(3)6(5)9;1-6-3-5-7(2)4(6)8;;/h1-3H3;1-2H3;;/q2*-1;;. The minimum atomic E-state index is -0.148. The average molecular weight is 443 g/mol. The molecule has 0 spiro atoms. The van der Waals surface area contributed by atoms with Crippen LogP contribution < -0.4 is 11.2 Å². The van der Waals surface area contributed by atoms with E-state index in [4.69, 9.17) is 0 Å². The Bertz CT molecular complexity index is 600. The van der Waals surface area contributed by atoms with Gasteiger partial charge in [-0.25, -0.2) is 0 Å². The first-order chi connectivity index (χ1) is 7.84. The average Bonchev–Trinajstić information content (AvgIpc) is 2.69. The predicted octanol–water partition coefficient (Wildman–Crippen LogP) is -1.25. The summed E-state index contributed by atoms with van der Waals surface area (Å²) in [4.78, 5) is 21.5. The van der Waals surface area contributed by atoms with Gasteiger partial charge in [0.1, 0.15) is 5.56 Å². The summed E-state index contributed by atoms with van der Waals surface area (Å²) in [5.41, 5.74) is 0.544. The van der Waals surface area contributed by atoms with Crippen LogP contribution in [0.5, 0.6) is 0 Å². The zero-order valence-corrected chi connectivity index (χ0v) is 14.5. The van der Waals surface area contributed by atoms with Gasteiger partial charge in [0.15, 0.2) is 5.69 Å². The number of nitrogens with zero attached hydrogens (tertiary/aromatic N) is 5. The molecule has 0 aliphatic carbocycles. The van der Waals surface area contributed by atoms with Crippen molar-refractivity contribution in [3.8, 4) is 0 Å². The van der Waals surface area contributed by atoms with Crippen LogP contribution in [0.15, 0.2) is 9.59 Å². The molecule has 0 bridgehead atoms. The summed E-state index contributed by atoms with van der Waals surface area (Å²) in [5.74, 6) is 0. The Balaban J connectivity index is 0. The van der Waals surface area contributed by atoms with E-state index in [0.29, 0.717) is 5.56 Å². The Hall–Kier alpha value is -0.803. The minimum Gasteiger partial charge on any atom is -0.449 e. The van der Waals surface area contributed by atoms with Crippen LogP contribution >= 0.6 is 0 Å². The maximum atomic E-state index is 10.9. The summed E-state index contributed by atoms with van der Waals surface area (Å²) >= 11 is 0. The predicted molar refractivity (Wildman–Crippen MR) is 61.5 cm³/mol. The molecule has 7 nitrogen and oxygen atoms in total. The van der Waals surface area contributed by atoms with E-state index >= 15 is 0 Å². The van der Waals surface area contributed by atoms with Crippen molar-refractivity contribution in [3.05, 3.63) is 38.9 Å². The van der Waals surface area contributed by atoms with Gasteiger partial charge in [0, 0.05) is 60.1 Å². The molecule has 0 N–H and O–H groups in total. The van der Waals surface area contributed by atoms with Crippen molar-refractivity contribution in [3.63, 3.8) is 0 Å². The van der Waals surface area contributed by atoms with Crippen LogP contribution in [0.1, 0.15) is 5.56 Å². The second kappa shape index (κ2) is 8.38. The van der Waals surface area contributed by atoms with Gasteiger partial charge < -0.3 is 28.2 Å². The van der Waals surface area contributed by atoms with E-state index in [1.54, 1.807) is 39.8 Å². The molecule has 0 aromatic carbocycles. The van der Waals surface area contributed by atoms with Crippen LogP contribution in [0.3, 0.4) is 0 Å². The van der Waals surface area contributed by atoms with Crippen molar-refractivity contribution in [2.24, 2.45) is 28.2 Å². The number of aromatic nitrogens is 5. The third kappa shape index (κ3) is 5.00. The van der Waals surface area contributed by atoms with Crippen LogP contribution in [-0.4, -0.2) is 23.7 Å². The quantitative estimate of drug-likeness (QED) is 0.378. The molecule has 2 rings (SSSR count). The van der Waals surface area contributed by atoms with Crippen molar-refractivity contribution in [2.45, 2.75) is 6.92 Å². The molecule has 2 heterocycles. The Labute approximate surface area is 136 Å². The van der Waals surface area contributed by atoms with Crippen LogP contribution in [0.4, 0.5) is 0 Å². The monoisotopic (exact) mass is 443 g/mol. The molecule has 0 unspecified atom stereocenters. The number of rotatable bonds is 0. The first-order valence-corrected chi connectivity index (χ1v) is 4.94. The zero-order valence-electron chi connectivity index (χ0n) is 11.2. The van der Waals surface area contributed by atoms with E-state index < -0.39 is 0 Å². The second-order valence-corrected chi connectivity index (χ2v) is 3.65. The molecule has 9 heteroatoms. The summed E-state index contributed by atoms with van der Waals surface area (Å²) in [6.45, 7) is 1.75. The molecule has 0 fully saturated rings. The van der Waals surface area contributed by atoms with Crippen molar-refractivity contribution in [1.29, 1.82) is 0 Å². The molecule has 0 saturated carbocycles. The van der Waals surface area contributed by atoms with Gasteiger partial charge in [0.2, 0.25) is 0 Å². The number of hydrogen-bond donors (Lipinski definition) is 0. The van der Waals surface area contributed by atoms with E-state index in [9.17, 15) is 9.59 Å². The maximum Gasteiger partial charge on any atom is 0.183 e. The smallest absolute Gasteiger partial charge is 0.183 e. The first kappa shape index (κ1) is 20.5. The van der Waals surface area contributed by atoms with Crippen LogP contribution in [-0.2, 0) is 67.1 Å². The van der Waals surface area contributed by atoms with E-state index in [1.165, 1.54) is 13.9 Å². The Morgan fingerprint density at radius 1 is 1.05 bits per heavy atom. The largest absolute Gasteiger partial charge is 0.449 e. The Morgan fingerprint density at radius 2 is 1.58 bits per heavy atom. The SMILES string of the molecule is Cc1[c-]n(C)n(C)c1=O.Cn1[c-]nn(C)c1=O.[Rh].[Rh]. The van der Waals surface area contributed by atoms with Crippen molar-refractivity contribution in [1.82, 2.24) is 23.7 Å². The van der Waals surface area contributed by atoms with Gasteiger partial charge in [0.25, 0.3) is 0 Å². The molecular formula is C10H15N5O2Rh2-2. The van der Waals surface area contributed by atoms with Gasteiger partial charge in [0.05, 0.1) is 0 Å². The molecule has 0 amide bonds. The molecule has 2 aromatic heterocycles. The normalized spacial score (nSPS) is 8.89. The van der Waals surface area contributed by atoms with Crippen molar-refractivity contribution < 1.29 is 39.0 Å². The fraction of sp³-hybridized carbons (Fsp3) is 0.500. The van der Waals surface area contributed by atoms with Gasteiger partial charge in [-0.3, -0.25) is 5.10 Å². The third-order valence-corrected chi connectivity index (χ3v) is 2.30. The minimum absolute atomic E-state index is 0. The Morgan fingerprint density at radius 3 is 1.68 bits per heavy atom. The molecule has 2 aromatic rings. The summed E-state index contributed by atoms with van der Waals surface area (Å²) < 4.78 is 5.66. The maximum absolute atomic E-state index is 10.9. The molecule has 0 aliphatic rings. The topological polar surface area (TPSA) is 66.8 Å². The van der Waals surface area contributed by atoms with Gasteiger partial charge in [-0.15, -0.1) is 11.8 Å². The summed E-state index contributed by atoms with van der Waals surface area (Å²) in [5, 5.41) is 3.56. The molecule has 0 saturated heterocycles. The fourth-order valence-electron chi connectivity index (χ4n) is 1.18. The molecule has 19 heavy (non-hydrogen) atoms. The molecule has 2 radical (unpaired) electrons. The van der Waals surface area contributed by atoms with E-state index in [2.05, 4.69) is 17.6 Å². The van der Waals surface area contributed by atoms with Crippen molar-refractivity contribution in [2.75, 3.05) is 0 Å². The summed E-state index contributed by atoms with van der Waals surface area (Å²) in [6, 6.07) is 0. The van der Waals surface area contributed by atoms with E-state index in [-0.39, 0.29) is 50.2 Å². The number of hydrogen-bond acceptors (Lipinski definition) is 3. The summed E-state index contributed by atoms with van der Waals surface area (Å²) in [7, 11) is 6.69. The van der Waals surface area contributed by atoms with Crippen LogP contribution in [0.25, 0.3) is 0 Å². The second-order valence-electron chi connectivity index (χ2n) is 3.65.